The Hall–Kier alpha value is -4.31. The number of sulfonamides is 1. The van der Waals surface area contributed by atoms with Gasteiger partial charge in [-0.25, -0.2) is 18.2 Å². The summed E-state index contributed by atoms with van der Waals surface area (Å²) < 4.78 is 40.0. The van der Waals surface area contributed by atoms with Crippen molar-refractivity contribution in [3.63, 3.8) is 0 Å². The zero-order valence-corrected chi connectivity index (χ0v) is 32.0. The second-order valence-corrected chi connectivity index (χ2v) is 17.5. The van der Waals surface area contributed by atoms with Crippen LogP contribution in [0.5, 0.6) is 5.88 Å². The number of carbonyl (C=O) groups is 5. The number of allylic oxidation sites excluding steroid dienone is 1. The van der Waals surface area contributed by atoms with Crippen LogP contribution in [0, 0.1) is 5.92 Å². The number of carbonyl (C=O) groups excluding carboxylic acids is 5. The van der Waals surface area contributed by atoms with Crippen LogP contribution in [-0.2, 0) is 33.9 Å². The molecule has 1 aromatic heterocycles. The van der Waals surface area contributed by atoms with Crippen LogP contribution < -0.4 is 20.1 Å². The quantitative estimate of drug-likeness (QED) is 0.187. The molecular formula is C36H44BrN5O9S. The number of amides is 4. The first-order valence-corrected chi connectivity index (χ1v) is 19.4. The Labute approximate surface area is 311 Å². The molecule has 14 nitrogen and oxygen atoms in total. The number of nitrogens with one attached hydrogen (secondary N) is 3. The van der Waals surface area contributed by atoms with Gasteiger partial charge in [0.1, 0.15) is 29.3 Å². The molecule has 0 radical (unpaired) electrons. The second-order valence-electron chi connectivity index (χ2n) is 14.6. The zero-order valence-electron chi connectivity index (χ0n) is 29.6. The predicted octanol–water partition coefficient (Wildman–Crippen LogP) is 3.83. The van der Waals surface area contributed by atoms with Gasteiger partial charge in [-0.3, -0.25) is 23.9 Å². The molecule has 3 fully saturated rings. The van der Waals surface area contributed by atoms with Gasteiger partial charge in [-0.1, -0.05) is 34.7 Å². The highest BCUT2D eigenvalue weighted by atomic mass is 79.9. The van der Waals surface area contributed by atoms with E-state index in [1.165, 1.54) is 11.0 Å². The number of halogens is 1. The number of alkyl carbamates (subject to hydrolysis) is 1. The molecule has 3 aliphatic rings. The number of nitrogens with zero attached hydrogens (tertiary/aromatic N) is 2. The van der Waals surface area contributed by atoms with E-state index in [0.717, 1.165) is 9.86 Å². The van der Waals surface area contributed by atoms with Gasteiger partial charge in [0.05, 0.1) is 11.8 Å². The molecule has 4 amide bonds. The summed E-state index contributed by atoms with van der Waals surface area (Å²) in [7, 11) is -3.93. The number of ether oxygens (including phenoxy) is 2. The molecule has 2 saturated carbocycles. The molecular weight excluding hydrogens is 758 g/mol. The summed E-state index contributed by atoms with van der Waals surface area (Å²) >= 11 is 3.47. The van der Waals surface area contributed by atoms with Gasteiger partial charge in [0.2, 0.25) is 27.7 Å². The number of hydrogen-bond donors (Lipinski definition) is 3. The van der Waals surface area contributed by atoms with Gasteiger partial charge in [-0.15, -0.1) is 6.58 Å². The fourth-order valence-corrected chi connectivity index (χ4v) is 7.88. The van der Waals surface area contributed by atoms with Crippen LogP contribution in [0.4, 0.5) is 4.79 Å². The molecule has 2 aromatic rings. The number of ketones is 1. The zero-order chi connectivity index (χ0) is 38.2. The van der Waals surface area contributed by atoms with Crippen molar-refractivity contribution < 1.29 is 41.9 Å². The van der Waals surface area contributed by atoms with Crippen LogP contribution >= 0.6 is 15.9 Å². The number of Topliss-reactive ketones (excluding diaryl/α,β-unsaturated/α-hetero) is 1. The molecule has 52 heavy (non-hydrogen) atoms. The number of aromatic nitrogens is 1. The van der Waals surface area contributed by atoms with E-state index < -0.39 is 74.3 Å². The monoisotopic (exact) mass is 801 g/mol. The lowest BCUT2D eigenvalue weighted by atomic mass is 10.0. The molecule has 280 valence electrons. The topological polar surface area (TPSA) is 190 Å². The number of pyridine rings is 1. The Balaban J connectivity index is 1.45. The van der Waals surface area contributed by atoms with E-state index in [4.69, 9.17) is 9.47 Å². The Kier molecular flexibility index (Phi) is 11.2. The Morgan fingerprint density at radius 2 is 1.88 bits per heavy atom. The first kappa shape index (κ1) is 38.9. The lowest BCUT2D eigenvalue weighted by Crippen LogP contribution is -2.58. The summed E-state index contributed by atoms with van der Waals surface area (Å²) in [5.74, 6) is -2.90. The molecule has 1 saturated heterocycles. The second kappa shape index (κ2) is 15.0. The molecule has 0 spiro atoms. The molecule has 2 aliphatic carbocycles. The van der Waals surface area contributed by atoms with Crippen LogP contribution in [0.2, 0.25) is 0 Å². The Bertz CT molecular complexity index is 1930. The highest BCUT2D eigenvalue weighted by Gasteiger charge is 2.62. The number of benzene rings is 1. The van der Waals surface area contributed by atoms with Crippen molar-refractivity contribution in [3.05, 3.63) is 59.7 Å². The highest BCUT2D eigenvalue weighted by Crippen LogP contribution is 2.45. The van der Waals surface area contributed by atoms with E-state index in [1.807, 2.05) is 24.3 Å². The van der Waals surface area contributed by atoms with E-state index in [0.29, 0.717) is 18.2 Å². The first-order chi connectivity index (χ1) is 24.3. The molecule has 1 unspecified atom stereocenters. The number of rotatable bonds is 14. The lowest BCUT2D eigenvalue weighted by molar-refractivity contribution is -0.141. The van der Waals surface area contributed by atoms with E-state index in [9.17, 15) is 32.4 Å². The lowest BCUT2D eigenvalue weighted by Gasteiger charge is -2.30. The minimum atomic E-state index is -3.93. The predicted molar refractivity (Wildman–Crippen MR) is 195 cm³/mol. The molecule has 3 N–H and O–H groups in total. The van der Waals surface area contributed by atoms with Crippen LogP contribution in [0.25, 0.3) is 10.8 Å². The molecule has 16 heteroatoms. The van der Waals surface area contributed by atoms with Gasteiger partial charge >= 0.3 is 6.09 Å². The molecule has 2 heterocycles. The van der Waals surface area contributed by atoms with Gasteiger partial charge in [0.25, 0.3) is 5.91 Å². The summed E-state index contributed by atoms with van der Waals surface area (Å²) in [5, 5.41) is 6.17. The third-order valence-electron chi connectivity index (χ3n) is 9.19. The van der Waals surface area contributed by atoms with E-state index in [-0.39, 0.29) is 49.5 Å². The number of likely N-dealkylation sites (tertiary alicyclic amines) is 1. The minimum absolute atomic E-state index is 0.0374. The fraction of sp³-hybridized carbons (Fsp3) is 0.500. The van der Waals surface area contributed by atoms with E-state index >= 15 is 0 Å². The Morgan fingerprint density at radius 3 is 2.50 bits per heavy atom. The smallest absolute Gasteiger partial charge is 0.408 e. The van der Waals surface area contributed by atoms with Gasteiger partial charge in [0.15, 0.2) is 5.78 Å². The summed E-state index contributed by atoms with van der Waals surface area (Å²) in [6.45, 7) is 13.8. The van der Waals surface area contributed by atoms with Crippen molar-refractivity contribution in [1.29, 1.82) is 0 Å². The normalized spacial score (nSPS) is 23.2. The maximum atomic E-state index is 14.4. The SMILES string of the molecule is C=C[C@@H]1C[C@]1(NC(=O)[C@@H]1CC(Oc2nccc3ccc(Br)cc23)CN1C(=O)[C@H](CCC(=O)C(=C)C)NC(=O)OC(C)(C)C)C(=O)NS(=O)(=O)C1CC1. The van der Waals surface area contributed by atoms with Crippen LogP contribution in [0.1, 0.15) is 66.2 Å². The average Bonchev–Trinajstić information content (AvgIpc) is 3.98. The van der Waals surface area contributed by atoms with Crippen molar-refractivity contribution >= 4 is 66.3 Å². The van der Waals surface area contributed by atoms with Crippen molar-refractivity contribution in [2.45, 2.75) is 101 Å². The maximum Gasteiger partial charge on any atom is 0.408 e. The van der Waals surface area contributed by atoms with E-state index in [2.05, 4.69) is 49.4 Å². The van der Waals surface area contributed by atoms with Crippen LogP contribution in [-0.4, -0.2) is 89.0 Å². The highest BCUT2D eigenvalue weighted by molar-refractivity contribution is 9.10. The minimum Gasteiger partial charge on any atom is -0.472 e. The van der Waals surface area contributed by atoms with Crippen molar-refractivity contribution in [1.82, 2.24) is 25.2 Å². The van der Waals surface area contributed by atoms with Crippen molar-refractivity contribution in [3.8, 4) is 5.88 Å². The molecule has 0 bridgehead atoms. The largest absolute Gasteiger partial charge is 0.472 e. The van der Waals surface area contributed by atoms with E-state index in [1.54, 1.807) is 33.9 Å². The molecule has 5 rings (SSSR count). The molecule has 5 atom stereocenters. The molecule has 1 aromatic carbocycles. The van der Waals surface area contributed by atoms with Crippen molar-refractivity contribution in [2.75, 3.05) is 6.54 Å². The summed E-state index contributed by atoms with van der Waals surface area (Å²) in [5.41, 5.74) is -2.22. The summed E-state index contributed by atoms with van der Waals surface area (Å²) in [4.78, 5) is 73.2. The number of hydrogen-bond acceptors (Lipinski definition) is 10. The van der Waals surface area contributed by atoms with Crippen molar-refractivity contribution in [2.24, 2.45) is 5.92 Å². The van der Waals surface area contributed by atoms with Gasteiger partial charge in [-0.05, 0) is 82.5 Å². The van der Waals surface area contributed by atoms with Gasteiger partial charge < -0.3 is 25.0 Å². The maximum absolute atomic E-state index is 14.4. The first-order valence-electron chi connectivity index (χ1n) is 17.0. The summed E-state index contributed by atoms with van der Waals surface area (Å²) in [6.07, 6.45) is 2.07. The standard InChI is InChI=1S/C36H44BrN5O9S/c1-7-22-18-36(22,33(46)41-52(48,49)25-10-11-25)40-30(44)28-17-24(50-31-26-16-23(37)9-8-21(26)14-15-38-31)19-42(28)32(45)27(12-13-29(43)20(2)3)39-34(47)51-35(4,5)6/h7-9,14-16,22,24-25,27-28H,1-2,10-13,17-19H2,3-6H3,(H,39,47)(H,40,44)(H,41,46)/t22-,24?,27+,28+,36-/m1/s1. The number of fused-ring (bicyclic) bond motifs is 1. The van der Waals surface area contributed by atoms with Gasteiger partial charge in [0, 0.05) is 34.8 Å². The Morgan fingerprint density at radius 1 is 1.17 bits per heavy atom. The fourth-order valence-electron chi connectivity index (χ4n) is 6.16. The third kappa shape index (κ3) is 9.00. The third-order valence-corrected chi connectivity index (χ3v) is 11.5. The van der Waals surface area contributed by atoms with Crippen LogP contribution in [0.15, 0.2) is 59.7 Å². The average molecular weight is 803 g/mol. The van der Waals surface area contributed by atoms with Gasteiger partial charge in [-0.2, -0.15) is 0 Å². The summed E-state index contributed by atoms with van der Waals surface area (Å²) in [6, 6.07) is 4.88. The van der Waals surface area contributed by atoms with Crippen LogP contribution in [0.3, 0.4) is 0 Å². The molecule has 1 aliphatic heterocycles.